The van der Waals surface area contributed by atoms with Gasteiger partial charge >= 0.3 is 0 Å². The summed E-state index contributed by atoms with van der Waals surface area (Å²) >= 11 is 0. The largest absolute Gasteiger partial charge is 0.455 e. The Balaban J connectivity index is 0.875. The van der Waals surface area contributed by atoms with Crippen molar-refractivity contribution in [2.45, 2.75) is 0 Å². The van der Waals surface area contributed by atoms with Crippen molar-refractivity contribution >= 4 is 65.0 Å². The SMILES string of the molecule is c1ccc(-c2nc(-c3ccc(-c4ccc(-c5ccc(-c6c7ccccc7cc7c6ccc6ccccc67)cc5)cc4)c4ccccc34)cc(-c3cccc4c3oc3ccccc34)n2)cc1. The quantitative estimate of drug-likeness (QED) is 0.124. The maximum absolute atomic E-state index is 6.50. The lowest BCUT2D eigenvalue weighted by Gasteiger charge is -2.15. The molecule has 13 aromatic rings. The van der Waals surface area contributed by atoms with Gasteiger partial charge in [0.25, 0.3) is 0 Å². The molecule has 11 aromatic carbocycles. The molecular weight excluding hydrogens is 789 g/mol. The topological polar surface area (TPSA) is 38.9 Å². The third kappa shape index (κ3) is 6.20. The fourth-order valence-corrected chi connectivity index (χ4v) is 9.97. The zero-order chi connectivity index (χ0) is 42.8. The van der Waals surface area contributed by atoms with Crippen LogP contribution in [0.5, 0.6) is 0 Å². The number of nitrogens with zero attached hydrogens (tertiary/aromatic N) is 2. The van der Waals surface area contributed by atoms with Crippen LogP contribution in [0.4, 0.5) is 0 Å². The normalized spacial score (nSPS) is 11.7. The van der Waals surface area contributed by atoms with E-state index in [4.69, 9.17) is 14.4 Å². The molecule has 0 amide bonds. The maximum atomic E-state index is 6.50. The van der Waals surface area contributed by atoms with Crippen LogP contribution in [-0.2, 0) is 0 Å². The summed E-state index contributed by atoms with van der Waals surface area (Å²) in [6.07, 6.45) is 0. The van der Waals surface area contributed by atoms with Gasteiger partial charge in [0, 0.05) is 27.5 Å². The Hall–Kier alpha value is -8.66. The van der Waals surface area contributed by atoms with E-state index in [2.05, 4.69) is 200 Å². The van der Waals surface area contributed by atoms with Gasteiger partial charge in [-0.1, -0.05) is 206 Å². The van der Waals surface area contributed by atoms with E-state index in [0.29, 0.717) is 5.82 Å². The van der Waals surface area contributed by atoms with E-state index in [9.17, 15) is 0 Å². The highest BCUT2D eigenvalue weighted by Gasteiger charge is 2.19. The number of furan rings is 1. The van der Waals surface area contributed by atoms with Crippen molar-refractivity contribution in [2.24, 2.45) is 0 Å². The molecule has 302 valence electrons. The van der Waals surface area contributed by atoms with Crippen molar-refractivity contribution in [3.05, 3.63) is 231 Å². The first-order valence-electron chi connectivity index (χ1n) is 22.1. The molecule has 0 aliphatic carbocycles. The van der Waals surface area contributed by atoms with Crippen molar-refractivity contribution in [1.29, 1.82) is 0 Å². The molecule has 2 heterocycles. The summed E-state index contributed by atoms with van der Waals surface area (Å²) in [7, 11) is 0. The monoisotopic (exact) mass is 826 g/mol. The van der Waals surface area contributed by atoms with E-state index < -0.39 is 0 Å². The number of para-hydroxylation sites is 2. The standard InChI is InChI=1S/C62H38N2O/c1-2-14-44(15-3-1)62-63-57(38-58(64-62)55-23-12-22-54-52-21-10-11-24-59(52)65-61(54)55)51-36-35-47(49-19-8-9-20-50(49)51)42-29-25-39(26-30-42)40-27-31-43(32-28-40)60-48-18-7-5-16-45(48)37-56-46-17-6-4-13-41(46)33-34-53(56)60/h1-38H. The van der Waals surface area contributed by atoms with Gasteiger partial charge in [-0.2, -0.15) is 0 Å². The number of aromatic nitrogens is 2. The van der Waals surface area contributed by atoms with Crippen LogP contribution in [0.25, 0.3) is 132 Å². The second-order valence-corrected chi connectivity index (χ2v) is 16.8. The lowest BCUT2D eigenvalue weighted by molar-refractivity contribution is 0.670. The molecule has 13 rings (SSSR count). The van der Waals surface area contributed by atoms with Gasteiger partial charge in [-0.25, -0.2) is 9.97 Å². The average molecular weight is 827 g/mol. The van der Waals surface area contributed by atoms with Crippen molar-refractivity contribution in [1.82, 2.24) is 9.97 Å². The molecule has 3 heteroatoms. The number of hydrogen-bond acceptors (Lipinski definition) is 3. The number of rotatable bonds is 6. The number of hydrogen-bond donors (Lipinski definition) is 0. The van der Waals surface area contributed by atoms with Crippen LogP contribution in [0, 0.1) is 0 Å². The minimum atomic E-state index is 0.669. The predicted octanol–water partition coefficient (Wildman–Crippen LogP) is 17.0. The fraction of sp³-hybridized carbons (Fsp3) is 0. The Morgan fingerprint density at radius 2 is 0.846 bits per heavy atom. The summed E-state index contributed by atoms with van der Waals surface area (Å²) < 4.78 is 6.50. The first kappa shape index (κ1) is 36.9. The predicted molar refractivity (Wildman–Crippen MR) is 272 cm³/mol. The summed E-state index contributed by atoms with van der Waals surface area (Å²) in [6, 6.07) is 82.3. The Labute approximate surface area is 375 Å². The van der Waals surface area contributed by atoms with Gasteiger partial charge in [-0.3, -0.25) is 0 Å². The Morgan fingerprint density at radius 3 is 1.62 bits per heavy atom. The van der Waals surface area contributed by atoms with E-state index in [-0.39, 0.29) is 0 Å². The highest BCUT2D eigenvalue weighted by molar-refractivity contribution is 6.20. The molecule has 0 atom stereocenters. The molecule has 65 heavy (non-hydrogen) atoms. The molecular formula is C62H38N2O. The number of benzene rings is 11. The van der Waals surface area contributed by atoms with Crippen molar-refractivity contribution in [3.63, 3.8) is 0 Å². The summed E-state index contributed by atoms with van der Waals surface area (Å²) in [6.45, 7) is 0. The van der Waals surface area contributed by atoms with Gasteiger partial charge in [0.2, 0.25) is 0 Å². The third-order valence-electron chi connectivity index (χ3n) is 13.1. The second kappa shape index (κ2) is 15.0. The Bertz CT molecular complexity index is 3980. The number of fused-ring (bicyclic) bond motifs is 8. The molecule has 0 spiro atoms. The van der Waals surface area contributed by atoms with Crippen LogP contribution < -0.4 is 0 Å². The lowest BCUT2D eigenvalue weighted by atomic mass is 9.89. The molecule has 0 fully saturated rings. The minimum Gasteiger partial charge on any atom is -0.455 e. The maximum Gasteiger partial charge on any atom is 0.160 e. The highest BCUT2D eigenvalue weighted by atomic mass is 16.3. The first-order valence-corrected chi connectivity index (χ1v) is 22.1. The molecule has 0 aliphatic heterocycles. The molecule has 2 aromatic heterocycles. The van der Waals surface area contributed by atoms with Gasteiger partial charge in [0.1, 0.15) is 11.2 Å². The molecule has 0 saturated carbocycles. The van der Waals surface area contributed by atoms with Gasteiger partial charge < -0.3 is 4.42 Å². The van der Waals surface area contributed by atoms with Gasteiger partial charge in [0.15, 0.2) is 5.82 Å². The lowest BCUT2D eigenvalue weighted by Crippen LogP contribution is -1.97. The van der Waals surface area contributed by atoms with Crippen LogP contribution in [0.3, 0.4) is 0 Å². The van der Waals surface area contributed by atoms with Crippen LogP contribution >= 0.6 is 0 Å². The van der Waals surface area contributed by atoms with E-state index in [0.717, 1.165) is 66.4 Å². The summed E-state index contributed by atoms with van der Waals surface area (Å²) in [4.78, 5) is 10.4. The smallest absolute Gasteiger partial charge is 0.160 e. The van der Waals surface area contributed by atoms with Crippen molar-refractivity contribution in [2.75, 3.05) is 0 Å². The average Bonchev–Trinajstić information content (AvgIpc) is 3.77. The fourth-order valence-electron chi connectivity index (χ4n) is 9.97. The molecule has 0 aliphatic rings. The van der Waals surface area contributed by atoms with Gasteiger partial charge in [-0.05, 0) is 101 Å². The van der Waals surface area contributed by atoms with Crippen molar-refractivity contribution in [3.8, 4) is 67.3 Å². The van der Waals surface area contributed by atoms with Gasteiger partial charge in [0.05, 0.1) is 11.4 Å². The van der Waals surface area contributed by atoms with E-state index >= 15 is 0 Å². The molecule has 0 unspecified atom stereocenters. The van der Waals surface area contributed by atoms with Crippen LogP contribution in [-0.4, -0.2) is 9.97 Å². The zero-order valence-corrected chi connectivity index (χ0v) is 35.2. The third-order valence-corrected chi connectivity index (χ3v) is 13.1. The van der Waals surface area contributed by atoms with Crippen LogP contribution in [0.2, 0.25) is 0 Å². The zero-order valence-electron chi connectivity index (χ0n) is 35.2. The van der Waals surface area contributed by atoms with Crippen LogP contribution in [0.15, 0.2) is 235 Å². The van der Waals surface area contributed by atoms with Gasteiger partial charge in [-0.15, -0.1) is 0 Å². The Morgan fingerprint density at radius 1 is 0.277 bits per heavy atom. The van der Waals surface area contributed by atoms with Crippen LogP contribution in [0.1, 0.15) is 0 Å². The van der Waals surface area contributed by atoms with E-state index in [1.54, 1.807) is 0 Å². The summed E-state index contributed by atoms with van der Waals surface area (Å²) in [5.74, 6) is 0.669. The molecule has 0 radical (unpaired) electrons. The Kier molecular flexibility index (Phi) is 8.53. The van der Waals surface area contributed by atoms with E-state index in [1.807, 2.05) is 30.3 Å². The summed E-state index contributed by atoms with van der Waals surface area (Å²) in [5.41, 5.74) is 13.5. The molecule has 3 nitrogen and oxygen atoms in total. The second-order valence-electron chi connectivity index (χ2n) is 16.8. The van der Waals surface area contributed by atoms with Crippen molar-refractivity contribution < 1.29 is 4.42 Å². The first-order chi connectivity index (χ1) is 32.2. The minimum absolute atomic E-state index is 0.669. The van der Waals surface area contributed by atoms with E-state index in [1.165, 1.54) is 60.1 Å². The summed E-state index contributed by atoms with van der Waals surface area (Å²) in [5, 5.41) is 12.1. The highest BCUT2D eigenvalue weighted by Crippen LogP contribution is 2.42. The molecule has 0 bridgehead atoms. The molecule has 0 N–H and O–H groups in total. The molecule has 0 saturated heterocycles.